The maximum atomic E-state index is 11.4. The number of hydrogen-bond donors (Lipinski definition) is 1. The second-order valence-electron chi connectivity index (χ2n) is 4.98. The third-order valence-corrected chi connectivity index (χ3v) is 4.44. The molecule has 1 unspecified atom stereocenters. The van der Waals surface area contributed by atoms with Crippen LogP contribution in [-0.4, -0.2) is 26.1 Å². The molecule has 1 aromatic carbocycles. The minimum absolute atomic E-state index is 0.0242. The molecule has 0 aliphatic carbocycles. The van der Waals surface area contributed by atoms with Gasteiger partial charge >= 0.3 is 5.97 Å². The van der Waals surface area contributed by atoms with Gasteiger partial charge < -0.3 is 5.11 Å². The Bertz CT molecular complexity index is 766. The first-order valence-corrected chi connectivity index (χ1v) is 7.79. The summed E-state index contributed by atoms with van der Waals surface area (Å²) in [5, 5.41) is 19.3. The molecule has 0 fully saturated rings. The summed E-state index contributed by atoms with van der Waals surface area (Å²) in [6.45, 7) is 1.99. The second-order valence-corrected chi connectivity index (χ2v) is 6.01. The van der Waals surface area contributed by atoms with Crippen LogP contribution in [-0.2, 0) is 6.42 Å². The molecule has 0 saturated carbocycles. The van der Waals surface area contributed by atoms with Gasteiger partial charge in [0.2, 0.25) is 0 Å². The molecule has 0 amide bonds. The highest BCUT2D eigenvalue weighted by molar-refractivity contribution is 7.09. The molecule has 6 heteroatoms. The van der Waals surface area contributed by atoms with E-state index in [0.717, 1.165) is 10.4 Å². The van der Waals surface area contributed by atoms with E-state index in [1.54, 1.807) is 16.0 Å². The molecule has 0 bridgehead atoms. The van der Waals surface area contributed by atoms with Crippen molar-refractivity contribution in [2.24, 2.45) is 0 Å². The van der Waals surface area contributed by atoms with E-state index in [2.05, 4.69) is 10.3 Å². The van der Waals surface area contributed by atoms with Crippen molar-refractivity contribution in [2.45, 2.75) is 19.4 Å². The first kappa shape index (κ1) is 14.5. The molecule has 1 atom stereocenters. The third kappa shape index (κ3) is 2.78. The lowest BCUT2D eigenvalue weighted by atomic mass is 10.1. The van der Waals surface area contributed by atoms with E-state index in [1.165, 1.54) is 0 Å². The minimum Gasteiger partial charge on any atom is -0.476 e. The maximum Gasteiger partial charge on any atom is 0.358 e. The van der Waals surface area contributed by atoms with Gasteiger partial charge in [0.05, 0.1) is 11.7 Å². The van der Waals surface area contributed by atoms with Crippen molar-refractivity contribution in [3.05, 3.63) is 69.7 Å². The van der Waals surface area contributed by atoms with E-state index < -0.39 is 5.97 Å². The van der Waals surface area contributed by atoms with Crippen molar-refractivity contribution in [3.8, 4) is 0 Å². The molecule has 0 aliphatic heterocycles. The van der Waals surface area contributed by atoms with Crippen LogP contribution in [0, 0.1) is 0 Å². The van der Waals surface area contributed by atoms with Crippen LogP contribution < -0.4 is 0 Å². The van der Waals surface area contributed by atoms with Crippen molar-refractivity contribution >= 4 is 17.3 Å². The van der Waals surface area contributed by atoms with E-state index in [4.69, 9.17) is 0 Å². The number of nitrogens with zero attached hydrogens (tertiary/aromatic N) is 3. The first-order chi connectivity index (χ1) is 10.7. The normalized spacial score (nSPS) is 12.2. The number of carboxylic acid groups (broad SMARTS) is 1. The van der Waals surface area contributed by atoms with Crippen molar-refractivity contribution in [1.29, 1.82) is 0 Å². The lowest BCUT2D eigenvalue weighted by Crippen LogP contribution is -2.14. The molecular formula is C16H15N3O2S. The number of rotatable bonds is 5. The highest BCUT2D eigenvalue weighted by Crippen LogP contribution is 2.23. The summed E-state index contributed by atoms with van der Waals surface area (Å²) in [5.41, 5.74) is 1.72. The van der Waals surface area contributed by atoms with Crippen LogP contribution in [0.3, 0.4) is 0 Å². The van der Waals surface area contributed by atoms with Crippen LogP contribution in [0.2, 0.25) is 0 Å². The Morgan fingerprint density at radius 3 is 2.68 bits per heavy atom. The van der Waals surface area contributed by atoms with E-state index in [9.17, 15) is 9.90 Å². The van der Waals surface area contributed by atoms with E-state index in [-0.39, 0.29) is 11.7 Å². The summed E-state index contributed by atoms with van der Waals surface area (Å²) in [4.78, 5) is 12.5. The van der Waals surface area contributed by atoms with Crippen LogP contribution in [0.15, 0.2) is 47.8 Å². The summed E-state index contributed by atoms with van der Waals surface area (Å²) < 4.78 is 1.71. The van der Waals surface area contributed by atoms with Gasteiger partial charge in [-0.2, -0.15) is 0 Å². The van der Waals surface area contributed by atoms with Gasteiger partial charge in [-0.15, -0.1) is 16.4 Å². The number of carbonyl (C=O) groups is 1. The van der Waals surface area contributed by atoms with Gasteiger partial charge in [0, 0.05) is 11.3 Å². The van der Waals surface area contributed by atoms with E-state index in [0.29, 0.717) is 12.1 Å². The number of thiophene rings is 1. The fourth-order valence-electron chi connectivity index (χ4n) is 2.41. The summed E-state index contributed by atoms with van der Waals surface area (Å²) in [6, 6.07) is 13.7. The smallest absolute Gasteiger partial charge is 0.358 e. The molecular weight excluding hydrogens is 298 g/mol. The van der Waals surface area contributed by atoms with Gasteiger partial charge in [-0.25, -0.2) is 9.48 Å². The third-order valence-electron chi connectivity index (χ3n) is 3.56. The van der Waals surface area contributed by atoms with Crippen molar-refractivity contribution in [3.63, 3.8) is 0 Å². The van der Waals surface area contributed by atoms with Crippen LogP contribution in [0.5, 0.6) is 0 Å². The van der Waals surface area contributed by atoms with Crippen molar-refractivity contribution in [2.75, 3.05) is 0 Å². The van der Waals surface area contributed by atoms with Crippen LogP contribution in [0.1, 0.15) is 39.6 Å². The lowest BCUT2D eigenvalue weighted by Gasteiger charge is -2.15. The van der Waals surface area contributed by atoms with Gasteiger partial charge in [-0.3, -0.25) is 0 Å². The van der Waals surface area contributed by atoms with Crippen LogP contribution in [0.25, 0.3) is 0 Å². The van der Waals surface area contributed by atoms with Gasteiger partial charge in [-0.1, -0.05) is 41.6 Å². The maximum absolute atomic E-state index is 11.4. The highest BCUT2D eigenvalue weighted by Gasteiger charge is 2.23. The summed E-state index contributed by atoms with van der Waals surface area (Å²) in [7, 11) is 0. The molecule has 0 radical (unpaired) electrons. The average molecular weight is 313 g/mol. The zero-order valence-electron chi connectivity index (χ0n) is 12.0. The van der Waals surface area contributed by atoms with Crippen LogP contribution in [0.4, 0.5) is 0 Å². The molecule has 3 rings (SSSR count). The molecule has 2 heterocycles. The van der Waals surface area contributed by atoms with Gasteiger partial charge in [-0.05, 0) is 23.9 Å². The minimum atomic E-state index is -1.04. The van der Waals surface area contributed by atoms with Gasteiger partial charge in [0.15, 0.2) is 5.69 Å². The molecule has 22 heavy (non-hydrogen) atoms. The summed E-state index contributed by atoms with van der Waals surface area (Å²) in [6.07, 6.45) is 0.517. The standard InChI is InChI=1S/C16H15N3O2S/c1-11(12-6-3-2-4-7-12)19-14(10-13-8-5-9-22-13)15(16(20)21)17-18-19/h2-9,11H,10H2,1H3,(H,20,21). The molecule has 0 saturated heterocycles. The first-order valence-electron chi connectivity index (χ1n) is 6.91. The summed E-state index contributed by atoms with van der Waals surface area (Å²) >= 11 is 1.60. The van der Waals surface area contributed by atoms with E-state index >= 15 is 0 Å². The number of aromatic carboxylic acids is 1. The Labute approximate surface area is 131 Å². The van der Waals surface area contributed by atoms with E-state index in [1.807, 2.05) is 54.8 Å². The molecule has 3 aromatic rings. The molecule has 2 aromatic heterocycles. The summed E-state index contributed by atoms with van der Waals surface area (Å²) in [5.74, 6) is -1.04. The number of benzene rings is 1. The van der Waals surface area contributed by atoms with Gasteiger partial charge in [0.25, 0.3) is 0 Å². The zero-order chi connectivity index (χ0) is 15.5. The average Bonchev–Trinajstić information content (AvgIpc) is 3.17. The topological polar surface area (TPSA) is 68.0 Å². The van der Waals surface area contributed by atoms with Crippen molar-refractivity contribution < 1.29 is 9.90 Å². The number of aromatic nitrogens is 3. The molecule has 0 spiro atoms. The Morgan fingerprint density at radius 2 is 2.05 bits per heavy atom. The SMILES string of the molecule is CC(c1ccccc1)n1nnc(C(=O)O)c1Cc1cccs1. The highest BCUT2D eigenvalue weighted by atomic mass is 32.1. The fraction of sp³-hybridized carbons (Fsp3) is 0.188. The largest absolute Gasteiger partial charge is 0.476 e. The molecule has 5 nitrogen and oxygen atoms in total. The Hall–Kier alpha value is -2.47. The lowest BCUT2D eigenvalue weighted by molar-refractivity contribution is 0.0689. The Morgan fingerprint density at radius 1 is 1.27 bits per heavy atom. The fourth-order valence-corrected chi connectivity index (χ4v) is 3.12. The quantitative estimate of drug-likeness (QED) is 0.785. The molecule has 1 N–H and O–H groups in total. The number of hydrogen-bond acceptors (Lipinski definition) is 4. The monoisotopic (exact) mass is 313 g/mol. The van der Waals surface area contributed by atoms with Gasteiger partial charge in [0.1, 0.15) is 0 Å². The molecule has 0 aliphatic rings. The zero-order valence-corrected chi connectivity index (χ0v) is 12.8. The predicted octanol–water partition coefficient (Wildman–Crippen LogP) is 3.24. The second kappa shape index (κ2) is 6.11. The Balaban J connectivity index is 2.02. The van der Waals surface area contributed by atoms with Crippen LogP contribution >= 0.6 is 11.3 Å². The van der Waals surface area contributed by atoms with Crippen molar-refractivity contribution in [1.82, 2.24) is 15.0 Å². The molecule has 112 valence electrons. The Kier molecular flexibility index (Phi) is 4.02. The number of carboxylic acids is 1. The predicted molar refractivity (Wildman–Crippen MR) is 84.4 cm³/mol.